The van der Waals surface area contributed by atoms with Gasteiger partial charge >= 0.3 is 6.09 Å². The molecule has 0 bridgehead atoms. The van der Waals surface area contributed by atoms with Crippen LogP contribution in [0.2, 0.25) is 0 Å². The highest BCUT2D eigenvalue weighted by atomic mass is 32.1. The average Bonchev–Trinajstić information content (AvgIpc) is 2.21. The molecule has 1 rings (SSSR count). The number of hydrogen-bond acceptors (Lipinski definition) is 4. The number of amides is 1. The van der Waals surface area contributed by atoms with E-state index >= 15 is 0 Å². The van der Waals surface area contributed by atoms with E-state index in [1.165, 1.54) is 7.11 Å². The van der Waals surface area contributed by atoms with Gasteiger partial charge in [0.1, 0.15) is 0 Å². The van der Waals surface area contributed by atoms with Gasteiger partial charge in [-0.3, -0.25) is 0 Å². The first-order valence-electron chi connectivity index (χ1n) is 4.85. The highest BCUT2D eigenvalue weighted by molar-refractivity contribution is 7.80. The third-order valence-corrected chi connectivity index (χ3v) is 3.23. The zero-order chi connectivity index (χ0) is 11.5. The largest absolute Gasteiger partial charge is 0.453 e. The van der Waals surface area contributed by atoms with Crippen LogP contribution in [0, 0.1) is 0 Å². The number of alkyl carbamates (subject to hydrolysis) is 1. The van der Waals surface area contributed by atoms with Gasteiger partial charge in [0.2, 0.25) is 0 Å². The van der Waals surface area contributed by atoms with E-state index in [1.807, 2.05) is 7.05 Å². The van der Waals surface area contributed by atoms with Crippen LogP contribution in [-0.4, -0.2) is 48.8 Å². The highest BCUT2D eigenvalue weighted by Gasteiger charge is 2.38. The Bertz CT molecular complexity index is 262. The predicted octanol–water partition coefficient (Wildman–Crippen LogP) is 0.0929. The van der Waals surface area contributed by atoms with Crippen molar-refractivity contribution in [1.82, 2.24) is 10.2 Å². The van der Waals surface area contributed by atoms with Crippen LogP contribution in [0.1, 0.15) is 12.8 Å². The van der Waals surface area contributed by atoms with Gasteiger partial charge in [-0.1, -0.05) is 12.2 Å². The fourth-order valence-corrected chi connectivity index (χ4v) is 1.93. The monoisotopic (exact) mass is 231 g/mol. The van der Waals surface area contributed by atoms with Crippen LogP contribution >= 0.6 is 12.2 Å². The second kappa shape index (κ2) is 4.76. The van der Waals surface area contributed by atoms with Crippen molar-refractivity contribution >= 4 is 23.3 Å². The number of nitrogens with zero attached hydrogens (tertiary/aromatic N) is 1. The summed E-state index contributed by atoms with van der Waals surface area (Å²) in [5, 5.41) is 2.75. The molecule has 1 aliphatic rings. The van der Waals surface area contributed by atoms with Gasteiger partial charge in [-0.05, 0) is 19.9 Å². The molecule has 1 amide bonds. The molecule has 0 aromatic rings. The van der Waals surface area contributed by atoms with Crippen molar-refractivity contribution in [2.75, 3.05) is 27.2 Å². The second-order valence-corrected chi connectivity index (χ2v) is 4.31. The maximum absolute atomic E-state index is 11.2. The van der Waals surface area contributed by atoms with Crippen LogP contribution in [0.15, 0.2) is 0 Å². The zero-order valence-electron chi connectivity index (χ0n) is 9.08. The molecule has 1 heterocycles. The van der Waals surface area contributed by atoms with Crippen LogP contribution in [0.5, 0.6) is 0 Å². The number of piperidine rings is 1. The Kier molecular flexibility index (Phi) is 3.87. The average molecular weight is 231 g/mol. The molecule has 1 saturated heterocycles. The summed E-state index contributed by atoms with van der Waals surface area (Å²) in [6.07, 6.45) is 0.981. The van der Waals surface area contributed by atoms with Gasteiger partial charge in [0.15, 0.2) is 0 Å². The minimum atomic E-state index is -0.574. The first-order chi connectivity index (χ1) is 7.00. The molecule has 1 aliphatic heterocycles. The van der Waals surface area contributed by atoms with Gasteiger partial charge in [0.05, 0.1) is 17.6 Å². The van der Waals surface area contributed by atoms with Crippen molar-refractivity contribution < 1.29 is 9.53 Å². The first-order valence-corrected chi connectivity index (χ1v) is 5.25. The van der Waals surface area contributed by atoms with Crippen LogP contribution in [-0.2, 0) is 4.74 Å². The molecule has 1 fully saturated rings. The smallest absolute Gasteiger partial charge is 0.407 e. The van der Waals surface area contributed by atoms with Gasteiger partial charge in [-0.25, -0.2) is 4.79 Å². The Morgan fingerprint density at radius 3 is 2.47 bits per heavy atom. The summed E-state index contributed by atoms with van der Waals surface area (Å²) in [5.41, 5.74) is 5.12. The van der Waals surface area contributed by atoms with Crippen molar-refractivity contribution in [2.45, 2.75) is 18.4 Å². The Morgan fingerprint density at radius 1 is 1.53 bits per heavy atom. The molecule has 0 saturated carbocycles. The summed E-state index contributed by atoms with van der Waals surface area (Å²) in [7, 11) is 3.36. The number of carbonyl (C=O) groups is 1. The maximum Gasteiger partial charge on any atom is 0.407 e. The molecule has 0 aromatic heterocycles. The van der Waals surface area contributed by atoms with Gasteiger partial charge in [0, 0.05) is 13.1 Å². The van der Waals surface area contributed by atoms with Crippen molar-refractivity contribution in [3.05, 3.63) is 0 Å². The topological polar surface area (TPSA) is 67.6 Å². The molecule has 0 unspecified atom stereocenters. The lowest BCUT2D eigenvalue weighted by molar-refractivity contribution is 0.146. The summed E-state index contributed by atoms with van der Waals surface area (Å²) in [4.78, 5) is 13.7. The van der Waals surface area contributed by atoms with Crippen molar-refractivity contribution in [1.29, 1.82) is 0 Å². The lowest BCUT2D eigenvalue weighted by Gasteiger charge is -2.39. The third kappa shape index (κ3) is 2.79. The number of nitrogens with two attached hydrogens (primary N) is 1. The van der Waals surface area contributed by atoms with Crippen molar-refractivity contribution in [3.8, 4) is 0 Å². The summed E-state index contributed by atoms with van der Waals surface area (Å²) < 4.78 is 4.58. The minimum Gasteiger partial charge on any atom is -0.453 e. The Morgan fingerprint density at radius 2 is 2.07 bits per heavy atom. The fourth-order valence-electron chi connectivity index (χ4n) is 1.68. The van der Waals surface area contributed by atoms with E-state index in [9.17, 15) is 4.79 Å². The van der Waals surface area contributed by atoms with E-state index in [2.05, 4.69) is 15.0 Å². The minimum absolute atomic E-state index is 0.334. The van der Waals surface area contributed by atoms with E-state index < -0.39 is 11.6 Å². The number of thiocarbonyl (C=S) groups is 1. The number of ether oxygens (including phenoxy) is 1. The van der Waals surface area contributed by atoms with Crippen molar-refractivity contribution in [3.63, 3.8) is 0 Å². The van der Waals surface area contributed by atoms with Crippen LogP contribution in [0.3, 0.4) is 0 Å². The lowest BCUT2D eigenvalue weighted by Crippen LogP contribution is -2.61. The van der Waals surface area contributed by atoms with Crippen molar-refractivity contribution in [2.24, 2.45) is 5.73 Å². The number of rotatable bonds is 2. The quantitative estimate of drug-likeness (QED) is 0.659. The molecule has 6 heteroatoms. The van der Waals surface area contributed by atoms with E-state index in [0.29, 0.717) is 4.99 Å². The number of nitrogens with one attached hydrogen (secondary N) is 1. The fraction of sp³-hybridized carbons (Fsp3) is 0.778. The maximum atomic E-state index is 11.2. The standard InChI is InChI=1S/C9H17N3O2S/c1-12-5-3-9(4-6-12,7(10)15)11-8(13)14-2/h3-6H2,1-2H3,(H2,10,15)(H,11,13). The number of carbonyl (C=O) groups excluding carboxylic acids is 1. The van der Waals surface area contributed by atoms with E-state index in [-0.39, 0.29) is 0 Å². The molecule has 0 radical (unpaired) electrons. The summed E-state index contributed by atoms with van der Waals surface area (Å²) >= 11 is 5.02. The molecule has 0 aromatic carbocycles. The predicted molar refractivity (Wildman–Crippen MR) is 61.8 cm³/mol. The second-order valence-electron chi connectivity index (χ2n) is 3.87. The first kappa shape index (κ1) is 12.2. The molecule has 86 valence electrons. The number of hydrogen-bond donors (Lipinski definition) is 2. The molecular formula is C9H17N3O2S. The van der Waals surface area contributed by atoms with E-state index in [4.69, 9.17) is 18.0 Å². The molecule has 0 aliphatic carbocycles. The van der Waals surface area contributed by atoms with E-state index in [1.54, 1.807) is 0 Å². The van der Waals surface area contributed by atoms with Crippen LogP contribution in [0.25, 0.3) is 0 Å². The Balaban J connectivity index is 2.71. The van der Waals surface area contributed by atoms with Gasteiger partial charge < -0.3 is 20.7 Å². The molecule has 15 heavy (non-hydrogen) atoms. The summed E-state index contributed by atoms with van der Waals surface area (Å²) in [6, 6.07) is 0. The Labute approximate surface area is 94.9 Å². The van der Waals surface area contributed by atoms with Crippen LogP contribution < -0.4 is 11.1 Å². The van der Waals surface area contributed by atoms with Crippen LogP contribution in [0.4, 0.5) is 4.79 Å². The summed E-state index contributed by atoms with van der Waals surface area (Å²) in [5.74, 6) is 0. The third-order valence-electron chi connectivity index (χ3n) is 2.84. The molecule has 0 atom stereocenters. The number of methoxy groups -OCH3 is 1. The zero-order valence-corrected chi connectivity index (χ0v) is 9.89. The van der Waals surface area contributed by atoms with E-state index in [0.717, 1.165) is 25.9 Å². The molecule has 0 spiro atoms. The molecule has 3 N–H and O–H groups in total. The number of likely N-dealkylation sites (tertiary alicyclic amines) is 1. The van der Waals surface area contributed by atoms with Gasteiger partial charge in [-0.15, -0.1) is 0 Å². The Hall–Kier alpha value is -0.880. The normalized spacial score (nSPS) is 20.7. The SMILES string of the molecule is COC(=O)NC1(C(N)=S)CCN(C)CC1. The summed E-state index contributed by atoms with van der Waals surface area (Å²) in [6.45, 7) is 1.72. The van der Waals surface area contributed by atoms with Gasteiger partial charge in [0.25, 0.3) is 0 Å². The molecular weight excluding hydrogens is 214 g/mol. The molecule has 5 nitrogen and oxygen atoms in total. The highest BCUT2D eigenvalue weighted by Crippen LogP contribution is 2.22. The lowest BCUT2D eigenvalue weighted by atomic mass is 9.88. The van der Waals surface area contributed by atoms with Gasteiger partial charge in [-0.2, -0.15) is 0 Å².